The predicted octanol–water partition coefficient (Wildman–Crippen LogP) is 3.64. The molecular formula is C19H25ClN2O2. The van der Waals surface area contributed by atoms with Gasteiger partial charge in [-0.1, -0.05) is 11.6 Å². The molecule has 4 rings (SSSR count). The Bertz CT molecular complexity index is 653. The predicted molar refractivity (Wildman–Crippen MR) is 93.4 cm³/mol. The minimum absolute atomic E-state index is 0.0288. The number of ether oxygens (including phenoxy) is 1. The molecule has 130 valence electrons. The van der Waals surface area contributed by atoms with E-state index in [0.717, 1.165) is 45.3 Å². The maximum atomic E-state index is 11.4. The van der Waals surface area contributed by atoms with Crippen molar-refractivity contribution >= 4 is 17.9 Å². The molecule has 1 aliphatic heterocycles. The van der Waals surface area contributed by atoms with Gasteiger partial charge >= 0.3 is 0 Å². The maximum absolute atomic E-state index is 11.4. The molecule has 0 aromatic carbocycles. The van der Waals surface area contributed by atoms with Crippen molar-refractivity contribution in [3.63, 3.8) is 0 Å². The molecule has 5 heteroatoms. The van der Waals surface area contributed by atoms with Crippen LogP contribution in [0.15, 0.2) is 6.07 Å². The Hall–Kier alpha value is -1.13. The SMILES string of the molecule is COc1nc(Cl)cc2c1CCN(CCC13CCC(C=O)(CC1)C3)C2. The van der Waals surface area contributed by atoms with Crippen molar-refractivity contribution in [2.24, 2.45) is 10.8 Å². The molecule has 0 unspecified atom stereocenters. The third-order valence-electron chi connectivity index (χ3n) is 6.65. The molecule has 3 aliphatic rings. The highest BCUT2D eigenvalue weighted by molar-refractivity contribution is 6.29. The molecule has 2 fully saturated rings. The lowest BCUT2D eigenvalue weighted by molar-refractivity contribution is -0.115. The first-order valence-electron chi connectivity index (χ1n) is 8.98. The summed E-state index contributed by atoms with van der Waals surface area (Å²) in [6.45, 7) is 3.07. The molecular weight excluding hydrogens is 324 g/mol. The summed E-state index contributed by atoms with van der Waals surface area (Å²) in [5.74, 6) is 0.679. The molecule has 0 saturated heterocycles. The van der Waals surface area contributed by atoms with Gasteiger partial charge in [-0.3, -0.25) is 4.90 Å². The number of halogens is 1. The largest absolute Gasteiger partial charge is 0.481 e. The fraction of sp³-hybridized carbons (Fsp3) is 0.684. The molecule has 2 heterocycles. The number of nitrogens with zero attached hydrogens (tertiary/aromatic N) is 2. The molecule has 0 amide bonds. The van der Waals surface area contributed by atoms with E-state index in [9.17, 15) is 4.79 Å². The molecule has 2 aliphatic carbocycles. The zero-order valence-corrected chi connectivity index (χ0v) is 15.1. The molecule has 2 bridgehead atoms. The molecule has 2 saturated carbocycles. The fourth-order valence-corrected chi connectivity index (χ4v) is 5.40. The van der Waals surface area contributed by atoms with Crippen LogP contribution in [-0.4, -0.2) is 36.4 Å². The molecule has 4 nitrogen and oxygen atoms in total. The second kappa shape index (κ2) is 5.99. The minimum atomic E-state index is 0.0288. The van der Waals surface area contributed by atoms with Gasteiger partial charge in [-0.2, -0.15) is 0 Å². The van der Waals surface area contributed by atoms with E-state index in [0.29, 0.717) is 16.4 Å². The van der Waals surface area contributed by atoms with Gasteiger partial charge in [-0.25, -0.2) is 4.98 Å². The maximum Gasteiger partial charge on any atom is 0.218 e. The normalized spacial score (nSPS) is 31.9. The number of carbonyl (C=O) groups is 1. The van der Waals surface area contributed by atoms with E-state index >= 15 is 0 Å². The van der Waals surface area contributed by atoms with Crippen molar-refractivity contribution in [3.8, 4) is 5.88 Å². The highest BCUT2D eigenvalue weighted by Crippen LogP contribution is 2.62. The van der Waals surface area contributed by atoms with Crippen LogP contribution in [0.2, 0.25) is 5.15 Å². The first-order chi connectivity index (χ1) is 11.6. The van der Waals surface area contributed by atoms with Gasteiger partial charge in [-0.15, -0.1) is 0 Å². The summed E-state index contributed by atoms with van der Waals surface area (Å²) in [5.41, 5.74) is 2.91. The summed E-state index contributed by atoms with van der Waals surface area (Å²) >= 11 is 6.13. The summed E-state index contributed by atoms with van der Waals surface area (Å²) in [5, 5.41) is 0.508. The first-order valence-corrected chi connectivity index (χ1v) is 9.36. The topological polar surface area (TPSA) is 42.4 Å². The number of hydrogen-bond acceptors (Lipinski definition) is 4. The Morgan fingerprint density at radius 3 is 2.83 bits per heavy atom. The number of aromatic nitrogens is 1. The number of rotatable bonds is 5. The van der Waals surface area contributed by atoms with Gasteiger partial charge in [0.25, 0.3) is 0 Å². The number of fused-ring (bicyclic) bond motifs is 3. The zero-order chi connectivity index (χ0) is 16.8. The summed E-state index contributed by atoms with van der Waals surface area (Å²) in [6.07, 6.45) is 9.24. The van der Waals surface area contributed by atoms with Crippen molar-refractivity contribution in [2.45, 2.75) is 51.5 Å². The Morgan fingerprint density at radius 1 is 1.38 bits per heavy atom. The van der Waals surface area contributed by atoms with Crippen LogP contribution in [0.1, 0.15) is 49.7 Å². The highest BCUT2D eigenvalue weighted by atomic mass is 35.5. The number of methoxy groups -OCH3 is 1. The monoisotopic (exact) mass is 348 g/mol. The minimum Gasteiger partial charge on any atom is -0.481 e. The van der Waals surface area contributed by atoms with E-state index in [-0.39, 0.29) is 5.41 Å². The lowest BCUT2D eigenvalue weighted by atomic mass is 9.80. The average molecular weight is 349 g/mol. The van der Waals surface area contributed by atoms with Crippen LogP contribution in [0, 0.1) is 10.8 Å². The van der Waals surface area contributed by atoms with E-state index in [1.165, 1.54) is 36.7 Å². The van der Waals surface area contributed by atoms with Crippen molar-refractivity contribution in [1.82, 2.24) is 9.88 Å². The average Bonchev–Trinajstić information content (AvgIpc) is 3.16. The van der Waals surface area contributed by atoms with Crippen LogP contribution in [0.5, 0.6) is 5.88 Å². The number of hydrogen-bond donors (Lipinski definition) is 0. The van der Waals surface area contributed by atoms with E-state index in [1.54, 1.807) is 7.11 Å². The van der Waals surface area contributed by atoms with Crippen molar-refractivity contribution in [1.29, 1.82) is 0 Å². The molecule has 1 aromatic heterocycles. The Kier molecular flexibility index (Phi) is 4.08. The van der Waals surface area contributed by atoms with Gasteiger partial charge in [0.1, 0.15) is 11.4 Å². The van der Waals surface area contributed by atoms with Gasteiger partial charge in [0.15, 0.2) is 0 Å². The van der Waals surface area contributed by atoms with Crippen LogP contribution in [0.25, 0.3) is 0 Å². The molecule has 0 atom stereocenters. The second-order valence-electron chi connectivity index (χ2n) is 8.03. The molecule has 0 radical (unpaired) electrons. The van der Waals surface area contributed by atoms with Crippen molar-refractivity contribution < 1.29 is 9.53 Å². The Balaban J connectivity index is 1.41. The molecule has 0 N–H and O–H groups in total. The van der Waals surface area contributed by atoms with Gasteiger partial charge < -0.3 is 9.53 Å². The van der Waals surface area contributed by atoms with E-state index in [1.807, 2.05) is 6.07 Å². The second-order valence-corrected chi connectivity index (χ2v) is 8.41. The van der Waals surface area contributed by atoms with E-state index in [2.05, 4.69) is 9.88 Å². The third kappa shape index (κ3) is 2.74. The molecule has 1 aromatic rings. The zero-order valence-electron chi connectivity index (χ0n) is 14.3. The summed E-state index contributed by atoms with van der Waals surface area (Å²) in [6, 6.07) is 1.98. The van der Waals surface area contributed by atoms with Gasteiger partial charge in [-0.05, 0) is 68.5 Å². The van der Waals surface area contributed by atoms with Crippen LogP contribution in [-0.2, 0) is 17.8 Å². The quantitative estimate of drug-likeness (QED) is 0.602. The van der Waals surface area contributed by atoms with Crippen molar-refractivity contribution in [2.75, 3.05) is 20.2 Å². The van der Waals surface area contributed by atoms with Crippen molar-refractivity contribution in [3.05, 3.63) is 22.3 Å². The van der Waals surface area contributed by atoms with Crippen LogP contribution < -0.4 is 4.74 Å². The Labute approximate surface area is 148 Å². The van der Waals surface area contributed by atoms with Crippen LogP contribution in [0.4, 0.5) is 0 Å². The summed E-state index contributed by atoms with van der Waals surface area (Å²) in [4.78, 5) is 18.2. The summed E-state index contributed by atoms with van der Waals surface area (Å²) < 4.78 is 5.39. The number of carbonyl (C=O) groups excluding carboxylic acids is 1. The highest BCUT2D eigenvalue weighted by Gasteiger charge is 2.53. The lowest BCUT2D eigenvalue weighted by Crippen LogP contribution is -2.34. The van der Waals surface area contributed by atoms with Gasteiger partial charge in [0, 0.05) is 24.1 Å². The first kappa shape index (κ1) is 16.3. The molecule has 24 heavy (non-hydrogen) atoms. The van der Waals surface area contributed by atoms with Crippen LogP contribution in [0.3, 0.4) is 0 Å². The van der Waals surface area contributed by atoms with Gasteiger partial charge in [0.2, 0.25) is 5.88 Å². The lowest BCUT2D eigenvalue weighted by Gasteiger charge is -2.33. The number of aldehydes is 1. The van der Waals surface area contributed by atoms with E-state index in [4.69, 9.17) is 16.3 Å². The fourth-order valence-electron chi connectivity index (χ4n) is 5.19. The third-order valence-corrected chi connectivity index (χ3v) is 6.85. The van der Waals surface area contributed by atoms with Crippen LogP contribution >= 0.6 is 11.6 Å². The van der Waals surface area contributed by atoms with E-state index < -0.39 is 0 Å². The smallest absolute Gasteiger partial charge is 0.218 e. The Morgan fingerprint density at radius 2 is 2.17 bits per heavy atom. The standard InChI is InChI=1S/C19H25ClN2O2/c1-24-17-15-2-8-22(11-14(15)10-16(20)21-17)9-7-18-3-5-19(12-18,13-23)6-4-18/h10,13H,2-9,11-12H2,1H3. The van der Waals surface area contributed by atoms with Gasteiger partial charge in [0.05, 0.1) is 7.11 Å². The number of pyridine rings is 1. The summed E-state index contributed by atoms with van der Waals surface area (Å²) in [7, 11) is 1.66. The molecule has 0 spiro atoms.